The highest BCUT2D eigenvalue weighted by molar-refractivity contribution is 7.10. The molecule has 0 spiro atoms. The van der Waals surface area contributed by atoms with Gasteiger partial charge in [0.2, 0.25) is 11.9 Å². The normalized spacial score (nSPS) is 20.5. The van der Waals surface area contributed by atoms with Crippen molar-refractivity contribution in [3.63, 3.8) is 0 Å². The molecule has 0 radical (unpaired) electrons. The molecule has 0 bridgehead atoms. The molecule has 1 amide bonds. The van der Waals surface area contributed by atoms with Crippen LogP contribution in [0.25, 0.3) is 0 Å². The Labute approximate surface area is 131 Å². The fourth-order valence-corrected chi connectivity index (χ4v) is 3.62. The van der Waals surface area contributed by atoms with Crippen molar-refractivity contribution in [3.05, 3.63) is 39.8 Å². The van der Waals surface area contributed by atoms with Crippen LogP contribution in [0.3, 0.4) is 0 Å². The molecule has 2 aromatic heterocycles. The molecule has 1 atom stereocenters. The van der Waals surface area contributed by atoms with E-state index >= 15 is 0 Å². The first-order chi connectivity index (χ1) is 10.7. The van der Waals surface area contributed by atoms with Crippen molar-refractivity contribution in [2.75, 3.05) is 5.32 Å². The van der Waals surface area contributed by atoms with Crippen molar-refractivity contribution < 1.29 is 9.59 Å². The van der Waals surface area contributed by atoms with Crippen LogP contribution in [0.15, 0.2) is 23.7 Å². The Balaban J connectivity index is 1.59. The van der Waals surface area contributed by atoms with Gasteiger partial charge in [-0.1, -0.05) is 6.07 Å². The smallest absolute Gasteiger partial charge is 0.229 e. The second-order valence-corrected chi connectivity index (χ2v) is 6.84. The average molecular weight is 313 g/mol. The minimum atomic E-state index is -0.0168. The number of fused-ring (bicyclic) bond motifs is 1. The van der Waals surface area contributed by atoms with Gasteiger partial charge in [0.1, 0.15) is 0 Å². The molecule has 2 aliphatic rings. The molecule has 2 aromatic rings. The second-order valence-electron chi connectivity index (χ2n) is 5.86. The number of amides is 1. The Morgan fingerprint density at radius 3 is 2.91 bits per heavy atom. The van der Waals surface area contributed by atoms with Crippen LogP contribution >= 0.6 is 11.3 Å². The molecule has 6 heteroatoms. The second kappa shape index (κ2) is 5.28. The van der Waals surface area contributed by atoms with E-state index in [1.807, 2.05) is 11.4 Å². The highest BCUT2D eigenvalue weighted by Gasteiger charge is 2.31. The maximum atomic E-state index is 12.3. The monoisotopic (exact) mass is 313 g/mol. The zero-order chi connectivity index (χ0) is 15.1. The Hall–Kier alpha value is -2.08. The third-order valence-electron chi connectivity index (χ3n) is 4.17. The number of anilines is 1. The van der Waals surface area contributed by atoms with E-state index < -0.39 is 0 Å². The van der Waals surface area contributed by atoms with Gasteiger partial charge in [-0.15, -0.1) is 11.3 Å². The summed E-state index contributed by atoms with van der Waals surface area (Å²) in [5.41, 5.74) is 1.34. The van der Waals surface area contributed by atoms with Crippen LogP contribution in [0.1, 0.15) is 46.1 Å². The van der Waals surface area contributed by atoms with Gasteiger partial charge in [0.25, 0.3) is 0 Å². The number of thiophene rings is 1. The highest BCUT2D eigenvalue weighted by Crippen LogP contribution is 2.34. The van der Waals surface area contributed by atoms with Crippen LogP contribution < -0.4 is 5.32 Å². The van der Waals surface area contributed by atoms with E-state index in [1.54, 1.807) is 17.5 Å². The summed E-state index contributed by atoms with van der Waals surface area (Å²) in [5, 5.41) is 4.77. The zero-order valence-electron chi connectivity index (χ0n) is 11.9. The molecule has 1 saturated carbocycles. The first kappa shape index (κ1) is 13.6. The van der Waals surface area contributed by atoms with Crippen molar-refractivity contribution >= 4 is 29.0 Å². The van der Waals surface area contributed by atoms with Gasteiger partial charge in [0.05, 0.1) is 11.3 Å². The Bertz CT molecular complexity index is 738. The first-order valence-electron chi connectivity index (χ1n) is 7.44. The topological polar surface area (TPSA) is 72.0 Å². The summed E-state index contributed by atoms with van der Waals surface area (Å²) in [6.07, 6.45) is 4.66. The van der Waals surface area contributed by atoms with Crippen LogP contribution in [0.4, 0.5) is 5.95 Å². The van der Waals surface area contributed by atoms with Crippen molar-refractivity contribution in [3.8, 4) is 0 Å². The number of Topliss-reactive ketones (excluding diaryl/α,β-unsaturated/α-hetero) is 1. The molecule has 1 N–H and O–H groups in total. The van der Waals surface area contributed by atoms with E-state index in [1.165, 1.54) is 4.88 Å². The number of nitrogens with one attached hydrogen (secondary N) is 1. The van der Waals surface area contributed by atoms with E-state index in [0.29, 0.717) is 17.9 Å². The molecule has 4 rings (SSSR count). The van der Waals surface area contributed by atoms with Crippen molar-refractivity contribution in [1.29, 1.82) is 0 Å². The maximum absolute atomic E-state index is 12.3. The highest BCUT2D eigenvalue weighted by atomic mass is 32.1. The van der Waals surface area contributed by atoms with Crippen molar-refractivity contribution in [2.45, 2.75) is 31.6 Å². The molecule has 5 nitrogen and oxygen atoms in total. The predicted molar refractivity (Wildman–Crippen MR) is 83.1 cm³/mol. The summed E-state index contributed by atoms with van der Waals surface area (Å²) < 4.78 is 0. The number of rotatable bonds is 3. The lowest BCUT2D eigenvalue weighted by Crippen LogP contribution is -2.22. The summed E-state index contributed by atoms with van der Waals surface area (Å²) in [5.74, 6) is 0.675. The van der Waals surface area contributed by atoms with Gasteiger partial charge in [-0.05, 0) is 30.7 Å². The third kappa shape index (κ3) is 2.54. The summed E-state index contributed by atoms with van der Waals surface area (Å²) in [6.45, 7) is 0. The molecular weight excluding hydrogens is 298 g/mol. The predicted octanol–water partition coefficient (Wildman–Crippen LogP) is 2.80. The summed E-state index contributed by atoms with van der Waals surface area (Å²) >= 11 is 1.67. The van der Waals surface area contributed by atoms with E-state index in [2.05, 4.69) is 21.4 Å². The van der Waals surface area contributed by atoms with Crippen molar-refractivity contribution in [1.82, 2.24) is 9.97 Å². The quantitative estimate of drug-likeness (QED) is 0.946. The van der Waals surface area contributed by atoms with E-state index in [0.717, 1.165) is 25.0 Å². The molecular formula is C16H15N3O2S. The van der Waals surface area contributed by atoms with Crippen LogP contribution in [-0.4, -0.2) is 21.7 Å². The van der Waals surface area contributed by atoms with Gasteiger partial charge in [-0.25, -0.2) is 9.97 Å². The van der Waals surface area contributed by atoms with E-state index in [-0.39, 0.29) is 23.5 Å². The SMILES string of the molecule is O=C1C[C@@H](c2cccs2)Cc2nc(NC(=O)C3CC3)ncc21. The number of aromatic nitrogens is 2. The fraction of sp³-hybridized carbons (Fsp3) is 0.375. The lowest BCUT2D eigenvalue weighted by Gasteiger charge is -2.22. The average Bonchev–Trinajstić information content (AvgIpc) is 3.22. The first-order valence-corrected chi connectivity index (χ1v) is 8.32. The number of hydrogen-bond acceptors (Lipinski definition) is 5. The van der Waals surface area contributed by atoms with E-state index in [9.17, 15) is 9.59 Å². The maximum Gasteiger partial charge on any atom is 0.229 e. The Morgan fingerprint density at radius 2 is 2.18 bits per heavy atom. The number of nitrogens with zero attached hydrogens (tertiary/aromatic N) is 2. The van der Waals surface area contributed by atoms with Gasteiger partial charge < -0.3 is 0 Å². The molecule has 2 heterocycles. The summed E-state index contributed by atoms with van der Waals surface area (Å²) in [7, 11) is 0. The van der Waals surface area contributed by atoms with Gasteiger partial charge in [-0.3, -0.25) is 14.9 Å². The molecule has 0 aliphatic heterocycles. The zero-order valence-corrected chi connectivity index (χ0v) is 12.7. The number of hydrogen-bond donors (Lipinski definition) is 1. The van der Waals surface area contributed by atoms with Crippen LogP contribution in [0.5, 0.6) is 0 Å². The Kier molecular flexibility index (Phi) is 3.26. The number of carbonyl (C=O) groups is 2. The molecule has 22 heavy (non-hydrogen) atoms. The molecule has 0 unspecified atom stereocenters. The molecule has 112 valence electrons. The standard InChI is InChI=1S/C16H15N3O2S/c20-13-7-10(14-2-1-5-22-14)6-12-11(13)8-17-16(18-12)19-15(21)9-3-4-9/h1-2,5,8-10H,3-4,6-7H2,(H,17,18,19,21)/t10-/m0/s1. The molecule has 2 aliphatic carbocycles. The fourth-order valence-electron chi connectivity index (χ4n) is 2.79. The molecule has 0 saturated heterocycles. The summed E-state index contributed by atoms with van der Waals surface area (Å²) in [6, 6.07) is 4.06. The minimum absolute atomic E-state index is 0.0168. The van der Waals surface area contributed by atoms with E-state index in [4.69, 9.17) is 0 Å². The van der Waals surface area contributed by atoms with Gasteiger partial charge in [0.15, 0.2) is 5.78 Å². The van der Waals surface area contributed by atoms with Gasteiger partial charge in [0, 0.05) is 29.3 Å². The largest absolute Gasteiger partial charge is 0.294 e. The third-order valence-corrected chi connectivity index (χ3v) is 5.20. The minimum Gasteiger partial charge on any atom is -0.294 e. The lowest BCUT2D eigenvalue weighted by atomic mass is 9.86. The van der Waals surface area contributed by atoms with Crippen LogP contribution in [0.2, 0.25) is 0 Å². The van der Waals surface area contributed by atoms with Crippen LogP contribution in [0, 0.1) is 5.92 Å². The summed E-state index contributed by atoms with van der Waals surface area (Å²) in [4.78, 5) is 33.8. The lowest BCUT2D eigenvalue weighted by molar-refractivity contribution is -0.117. The van der Waals surface area contributed by atoms with Gasteiger partial charge in [-0.2, -0.15) is 0 Å². The van der Waals surface area contributed by atoms with Gasteiger partial charge >= 0.3 is 0 Å². The molecule has 1 fully saturated rings. The Morgan fingerprint density at radius 1 is 1.32 bits per heavy atom. The number of ketones is 1. The van der Waals surface area contributed by atoms with Crippen molar-refractivity contribution in [2.24, 2.45) is 5.92 Å². The number of carbonyl (C=O) groups excluding carboxylic acids is 2. The van der Waals surface area contributed by atoms with Crippen LogP contribution in [-0.2, 0) is 11.2 Å². The molecule has 0 aromatic carbocycles.